The zero-order valence-electron chi connectivity index (χ0n) is 22.7. The maximum absolute atomic E-state index is 13.0. The predicted octanol–water partition coefficient (Wildman–Crippen LogP) is 4.42. The topological polar surface area (TPSA) is 98.8 Å². The molecule has 2 rings (SSSR count). The molecule has 0 unspecified atom stereocenters. The predicted molar refractivity (Wildman–Crippen MR) is 138 cm³/mol. The number of ether oxygens (including phenoxy) is 7. The fourth-order valence-electron chi connectivity index (χ4n) is 4.14. The van der Waals surface area contributed by atoms with Gasteiger partial charge in [-0.15, -0.1) is 0 Å². The Kier molecular flexibility index (Phi) is 14.1. The number of carbonyl (C=O) groups is 2. The van der Waals surface area contributed by atoms with Crippen LogP contribution in [0.2, 0.25) is 0 Å². The number of hydrogen-bond acceptors (Lipinski definition) is 9. The van der Waals surface area contributed by atoms with E-state index in [1.54, 1.807) is 46.3 Å². The second-order valence-corrected chi connectivity index (χ2v) is 8.72. The number of esters is 2. The third-order valence-electron chi connectivity index (χ3n) is 6.04. The van der Waals surface area contributed by atoms with E-state index < -0.39 is 23.8 Å². The van der Waals surface area contributed by atoms with E-state index in [-0.39, 0.29) is 32.2 Å². The van der Waals surface area contributed by atoms with Crippen LogP contribution in [0.1, 0.15) is 57.9 Å². The van der Waals surface area contributed by atoms with Gasteiger partial charge in [0.05, 0.1) is 45.7 Å². The van der Waals surface area contributed by atoms with Crippen LogP contribution in [0, 0.1) is 5.92 Å². The maximum Gasteiger partial charge on any atom is 0.321 e. The first-order chi connectivity index (χ1) is 17.9. The van der Waals surface area contributed by atoms with Crippen molar-refractivity contribution in [2.24, 2.45) is 5.92 Å². The molecule has 1 fully saturated rings. The van der Waals surface area contributed by atoms with Gasteiger partial charge in [-0.25, -0.2) is 0 Å². The van der Waals surface area contributed by atoms with Crippen molar-refractivity contribution >= 4 is 11.9 Å². The molecular weight excluding hydrogens is 480 g/mol. The summed E-state index contributed by atoms with van der Waals surface area (Å²) in [5, 5.41) is 0. The molecule has 208 valence electrons. The molecular formula is C28H42O9. The highest BCUT2D eigenvalue weighted by molar-refractivity contribution is 5.96. The van der Waals surface area contributed by atoms with Gasteiger partial charge >= 0.3 is 11.9 Å². The number of benzene rings is 1. The van der Waals surface area contributed by atoms with Gasteiger partial charge in [-0.1, -0.05) is 18.2 Å². The standard InChI is InChI=1S/C28H42O9/c1-6-34-27(29)26(28(30)35-7-2)23(14-12-20(3)36-19-33-17-16-31-4)21-13-15-24(32-5)25(18-21)37-22-10-8-9-11-22/h12-15,18,20,22-23,26H,6-11,16-17,19H2,1-5H3/b14-12+/t20-,23-/m0/s1. The fourth-order valence-corrected chi connectivity index (χ4v) is 4.14. The van der Waals surface area contributed by atoms with Crippen molar-refractivity contribution in [1.82, 2.24) is 0 Å². The summed E-state index contributed by atoms with van der Waals surface area (Å²) < 4.78 is 38.3. The van der Waals surface area contributed by atoms with Crippen LogP contribution in [0.3, 0.4) is 0 Å². The molecule has 9 heteroatoms. The molecule has 0 N–H and O–H groups in total. The van der Waals surface area contributed by atoms with Gasteiger partial charge in [0.2, 0.25) is 0 Å². The van der Waals surface area contributed by atoms with Gasteiger partial charge in [-0.3, -0.25) is 9.59 Å². The Morgan fingerprint density at radius 1 is 0.973 bits per heavy atom. The molecule has 1 aliphatic rings. The monoisotopic (exact) mass is 522 g/mol. The molecule has 0 aliphatic heterocycles. The van der Waals surface area contributed by atoms with Gasteiger partial charge in [-0.05, 0) is 64.2 Å². The molecule has 0 radical (unpaired) electrons. The Hall–Kier alpha value is -2.62. The quantitative estimate of drug-likeness (QED) is 0.0967. The SMILES string of the molecule is CCOC(=O)C(C(=O)OCC)[C@@H](/C=C/[C@H](C)OCOCCOC)c1ccc(OC)c(OC2CCCC2)c1. The molecule has 0 aromatic heterocycles. The summed E-state index contributed by atoms with van der Waals surface area (Å²) in [4.78, 5) is 26.0. The third-order valence-corrected chi connectivity index (χ3v) is 6.04. The summed E-state index contributed by atoms with van der Waals surface area (Å²) in [6.45, 7) is 6.50. The number of carbonyl (C=O) groups excluding carboxylic acids is 2. The van der Waals surface area contributed by atoms with E-state index in [9.17, 15) is 9.59 Å². The van der Waals surface area contributed by atoms with Crippen molar-refractivity contribution in [2.45, 2.75) is 64.6 Å². The highest BCUT2D eigenvalue weighted by Gasteiger charge is 2.38. The normalized spacial score (nSPS) is 15.6. The van der Waals surface area contributed by atoms with Crippen LogP contribution in [0.15, 0.2) is 30.4 Å². The van der Waals surface area contributed by atoms with E-state index in [4.69, 9.17) is 33.2 Å². The molecule has 37 heavy (non-hydrogen) atoms. The molecule has 1 saturated carbocycles. The summed E-state index contributed by atoms with van der Waals surface area (Å²) in [7, 11) is 3.18. The first kappa shape index (κ1) is 30.6. The third kappa shape index (κ3) is 9.98. The maximum atomic E-state index is 13.0. The molecule has 9 nitrogen and oxygen atoms in total. The van der Waals surface area contributed by atoms with Crippen molar-refractivity contribution in [3.63, 3.8) is 0 Å². The molecule has 0 bridgehead atoms. The number of hydrogen-bond donors (Lipinski definition) is 0. The lowest BCUT2D eigenvalue weighted by Gasteiger charge is -2.24. The average Bonchev–Trinajstić information content (AvgIpc) is 3.39. The van der Waals surface area contributed by atoms with Crippen LogP contribution < -0.4 is 9.47 Å². The van der Waals surface area contributed by atoms with E-state index in [2.05, 4.69) is 0 Å². The Bertz CT molecular complexity index is 830. The average molecular weight is 523 g/mol. The van der Waals surface area contributed by atoms with Crippen molar-refractivity contribution in [3.05, 3.63) is 35.9 Å². The van der Waals surface area contributed by atoms with Gasteiger partial charge in [0.15, 0.2) is 17.4 Å². The second kappa shape index (κ2) is 17.0. The summed E-state index contributed by atoms with van der Waals surface area (Å²) in [5.41, 5.74) is 0.694. The summed E-state index contributed by atoms with van der Waals surface area (Å²) in [6, 6.07) is 5.44. The minimum absolute atomic E-state index is 0.0840. The smallest absolute Gasteiger partial charge is 0.321 e. The summed E-state index contributed by atoms with van der Waals surface area (Å²) in [6.07, 6.45) is 7.53. The van der Waals surface area contributed by atoms with Crippen LogP contribution in [0.5, 0.6) is 11.5 Å². The van der Waals surface area contributed by atoms with Crippen molar-refractivity contribution in [1.29, 1.82) is 0 Å². The summed E-state index contributed by atoms with van der Waals surface area (Å²) in [5.74, 6) is -2.02. The Morgan fingerprint density at radius 3 is 2.24 bits per heavy atom. The van der Waals surface area contributed by atoms with E-state index in [1.165, 1.54) is 0 Å². The lowest BCUT2D eigenvalue weighted by Crippen LogP contribution is -2.33. The first-order valence-corrected chi connectivity index (χ1v) is 13.0. The molecule has 0 saturated heterocycles. The van der Waals surface area contributed by atoms with E-state index in [0.717, 1.165) is 25.7 Å². The lowest BCUT2D eigenvalue weighted by molar-refractivity contribution is -0.162. The first-order valence-electron chi connectivity index (χ1n) is 13.0. The summed E-state index contributed by atoms with van der Waals surface area (Å²) >= 11 is 0. The van der Waals surface area contributed by atoms with Gasteiger partial charge in [0, 0.05) is 13.0 Å². The zero-order chi connectivity index (χ0) is 27.0. The molecule has 0 heterocycles. The minimum Gasteiger partial charge on any atom is -0.493 e. The van der Waals surface area contributed by atoms with Crippen molar-refractivity contribution < 1.29 is 42.7 Å². The Labute approximate surface area is 220 Å². The van der Waals surface area contributed by atoms with Crippen molar-refractivity contribution in [2.75, 3.05) is 47.4 Å². The second-order valence-electron chi connectivity index (χ2n) is 8.72. The molecule has 1 aromatic carbocycles. The zero-order valence-corrected chi connectivity index (χ0v) is 22.7. The largest absolute Gasteiger partial charge is 0.493 e. The molecule has 1 aromatic rings. The van der Waals surface area contributed by atoms with E-state index >= 15 is 0 Å². The van der Waals surface area contributed by atoms with E-state index in [0.29, 0.717) is 30.3 Å². The van der Waals surface area contributed by atoms with Gasteiger partial charge in [0.25, 0.3) is 0 Å². The van der Waals surface area contributed by atoms with Gasteiger partial charge in [-0.2, -0.15) is 0 Å². The fraction of sp³-hybridized carbons (Fsp3) is 0.643. The van der Waals surface area contributed by atoms with Crippen LogP contribution in [0.4, 0.5) is 0 Å². The van der Waals surface area contributed by atoms with Crippen molar-refractivity contribution in [3.8, 4) is 11.5 Å². The van der Waals surface area contributed by atoms with E-state index in [1.807, 2.05) is 19.1 Å². The minimum atomic E-state index is -1.20. The Balaban J connectivity index is 2.38. The van der Waals surface area contributed by atoms with Crippen LogP contribution in [-0.2, 0) is 33.3 Å². The number of allylic oxidation sites excluding steroid dienone is 1. The number of methoxy groups -OCH3 is 2. The number of rotatable bonds is 17. The van der Waals surface area contributed by atoms with Gasteiger partial charge in [0.1, 0.15) is 6.79 Å². The van der Waals surface area contributed by atoms with Gasteiger partial charge < -0.3 is 33.2 Å². The molecule has 1 aliphatic carbocycles. The Morgan fingerprint density at radius 2 is 1.65 bits per heavy atom. The lowest BCUT2D eigenvalue weighted by atomic mass is 9.85. The highest BCUT2D eigenvalue weighted by atomic mass is 16.7. The van der Waals surface area contributed by atoms with Crippen LogP contribution >= 0.6 is 0 Å². The highest BCUT2D eigenvalue weighted by Crippen LogP contribution is 2.37. The van der Waals surface area contributed by atoms with Crippen LogP contribution in [0.25, 0.3) is 0 Å². The molecule has 0 spiro atoms. The van der Waals surface area contributed by atoms with Crippen LogP contribution in [-0.4, -0.2) is 71.6 Å². The molecule has 0 amide bonds. The molecule has 2 atom stereocenters.